The number of nitrogens with zero attached hydrogens (tertiary/aromatic N) is 1. The minimum absolute atomic E-state index is 0.319. The van der Waals surface area contributed by atoms with Crippen LogP contribution in [0.25, 0.3) is 0 Å². The van der Waals surface area contributed by atoms with Gasteiger partial charge in [-0.05, 0) is 36.2 Å². The Morgan fingerprint density at radius 2 is 1.59 bits per heavy atom. The summed E-state index contributed by atoms with van der Waals surface area (Å²) in [7, 11) is -4.10. The number of hydrogen-bond acceptors (Lipinski definition) is 3. The molecule has 10 heteroatoms. The van der Waals surface area contributed by atoms with Crippen molar-refractivity contribution in [3.8, 4) is 0 Å². The first kappa shape index (κ1) is 25.6. The third kappa shape index (κ3) is 6.30. The molecular formula is C24H22ClF3N2O3S. The van der Waals surface area contributed by atoms with Gasteiger partial charge in [-0.1, -0.05) is 71.8 Å². The molecule has 0 heterocycles. The number of sulfonamides is 1. The van der Waals surface area contributed by atoms with Gasteiger partial charge in [-0.25, -0.2) is 8.42 Å². The zero-order chi connectivity index (χ0) is 25.1. The highest BCUT2D eigenvalue weighted by Crippen LogP contribution is 2.37. The van der Waals surface area contributed by atoms with Gasteiger partial charge in [0.1, 0.15) is 6.54 Å². The Balaban J connectivity index is 1.93. The molecular weight excluding hydrogens is 489 g/mol. The highest BCUT2D eigenvalue weighted by molar-refractivity contribution is 7.92. The summed E-state index contributed by atoms with van der Waals surface area (Å²) < 4.78 is 65.3. The molecule has 3 aromatic rings. The van der Waals surface area contributed by atoms with Crippen molar-refractivity contribution in [3.05, 3.63) is 100 Å². The number of hydrogen-bond donors (Lipinski definition) is 1. The van der Waals surface area contributed by atoms with Crippen molar-refractivity contribution in [2.45, 2.75) is 19.1 Å². The van der Waals surface area contributed by atoms with E-state index in [-0.39, 0.29) is 5.69 Å². The standard InChI is InChI=1S/C24H22ClF3N2O3S/c1-16-8-10-18(11-9-16)23(17-6-4-3-5-7-17)29-22(31)15-30(34(2,32)33)19-12-13-21(25)20(14-19)24(26,27)28/h3-14,23H,15H2,1-2H3,(H,29,31)/t23-/m0/s1. The predicted octanol–water partition coefficient (Wildman–Crippen LogP) is 5.34. The van der Waals surface area contributed by atoms with E-state index in [4.69, 9.17) is 11.6 Å². The van der Waals surface area contributed by atoms with Gasteiger partial charge in [-0.3, -0.25) is 9.10 Å². The van der Waals surface area contributed by atoms with Crippen LogP contribution in [0.15, 0.2) is 72.8 Å². The first-order valence-corrected chi connectivity index (χ1v) is 12.3. The van der Waals surface area contributed by atoms with E-state index in [9.17, 15) is 26.4 Å². The molecule has 0 radical (unpaired) electrons. The van der Waals surface area contributed by atoms with Crippen LogP contribution in [0.5, 0.6) is 0 Å². The van der Waals surface area contributed by atoms with E-state index in [2.05, 4.69) is 5.32 Å². The third-order valence-electron chi connectivity index (χ3n) is 5.08. The van der Waals surface area contributed by atoms with E-state index in [0.717, 1.165) is 35.1 Å². The molecule has 5 nitrogen and oxygen atoms in total. The molecule has 0 spiro atoms. The molecule has 0 bridgehead atoms. The maximum absolute atomic E-state index is 13.3. The Morgan fingerprint density at radius 1 is 1.00 bits per heavy atom. The smallest absolute Gasteiger partial charge is 0.344 e. The number of carbonyl (C=O) groups is 1. The quantitative estimate of drug-likeness (QED) is 0.466. The molecule has 3 rings (SSSR count). The number of anilines is 1. The Bertz CT molecular complexity index is 1260. The van der Waals surface area contributed by atoms with Gasteiger partial charge in [0.05, 0.1) is 28.6 Å². The summed E-state index contributed by atoms with van der Waals surface area (Å²) in [6.45, 7) is 1.21. The van der Waals surface area contributed by atoms with Gasteiger partial charge in [0.2, 0.25) is 15.9 Å². The Kier molecular flexibility index (Phi) is 7.57. The van der Waals surface area contributed by atoms with Crippen molar-refractivity contribution >= 4 is 33.2 Å². The number of halogens is 4. The summed E-state index contributed by atoms with van der Waals surface area (Å²) in [5, 5.41) is 2.23. The number of benzene rings is 3. The average molecular weight is 511 g/mol. The van der Waals surface area contributed by atoms with Gasteiger partial charge in [-0.2, -0.15) is 13.2 Å². The fourth-order valence-corrected chi connectivity index (χ4v) is 4.46. The minimum Gasteiger partial charge on any atom is -0.344 e. The minimum atomic E-state index is -4.79. The molecule has 1 amide bonds. The molecule has 0 aliphatic rings. The van der Waals surface area contributed by atoms with Gasteiger partial charge in [0.25, 0.3) is 0 Å². The number of rotatable bonds is 7. The van der Waals surface area contributed by atoms with Crippen LogP contribution in [-0.4, -0.2) is 27.1 Å². The monoisotopic (exact) mass is 510 g/mol. The maximum atomic E-state index is 13.3. The molecule has 1 N–H and O–H groups in total. The topological polar surface area (TPSA) is 66.5 Å². The second-order valence-electron chi connectivity index (χ2n) is 7.75. The van der Waals surface area contributed by atoms with Gasteiger partial charge in [0.15, 0.2) is 0 Å². The van der Waals surface area contributed by atoms with Gasteiger partial charge < -0.3 is 5.32 Å². The molecule has 180 valence electrons. The molecule has 3 aromatic carbocycles. The highest BCUT2D eigenvalue weighted by Gasteiger charge is 2.34. The number of nitrogens with one attached hydrogen (secondary N) is 1. The summed E-state index contributed by atoms with van der Waals surface area (Å²) in [6, 6.07) is 18.6. The Hall–Kier alpha value is -3.04. The number of amides is 1. The van der Waals surface area contributed by atoms with E-state index in [1.807, 2.05) is 49.4 Å². The lowest BCUT2D eigenvalue weighted by Gasteiger charge is -2.25. The van der Waals surface area contributed by atoms with Crippen LogP contribution in [-0.2, 0) is 21.0 Å². The average Bonchev–Trinajstić information content (AvgIpc) is 2.76. The van der Waals surface area contributed by atoms with E-state index < -0.39 is 45.3 Å². The van der Waals surface area contributed by atoms with Crippen LogP contribution in [0, 0.1) is 6.92 Å². The largest absolute Gasteiger partial charge is 0.417 e. The normalized spacial score (nSPS) is 12.8. The van der Waals surface area contributed by atoms with Crippen molar-refractivity contribution in [1.82, 2.24) is 5.32 Å². The van der Waals surface area contributed by atoms with Crippen molar-refractivity contribution in [1.29, 1.82) is 0 Å². The van der Waals surface area contributed by atoms with Crippen LogP contribution in [0.4, 0.5) is 18.9 Å². The highest BCUT2D eigenvalue weighted by atomic mass is 35.5. The van der Waals surface area contributed by atoms with Crippen LogP contribution >= 0.6 is 11.6 Å². The van der Waals surface area contributed by atoms with Crippen molar-refractivity contribution in [2.75, 3.05) is 17.1 Å². The van der Waals surface area contributed by atoms with E-state index in [0.29, 0.717) is 10.4 Å². The zero-order valence-electron chi connectivity index (χ0n) is 18.3. The van der Waals surface area contributed by atoms with Gasteiger partial charge in [-0.15, -0.1) is 0 Å². The van der Waals surface area contributed by atoms with Crippen molar-refractivity contribution < 1.29 is 26.4 Å². The Labute approximate surface area is 201 Å². The van der Waals surface area contributed by atoms with E-state index >= 15 is 0 Å². The molecule has 0 unspecified atom stereocenters. The van der Waals surface area contributed by atoms with Gasteiger partial charge in [0, 0.05) is 0 Å². The lowest BCUT2D eigenvalue weighted by Crippen LogP contribution is -2.42. The number of alkyl halides is 3. The summed E-state index contributed by atoms with van der Waals surface area (Å²) in [5.41, 5.74) is 1.04. The summed E-state index contributed by atoms with van der Waals surface area (Å²) in [5.74, 6) is -0.691. The zero-order valence-corrected chi connectivity index (χ0v) is 19.9. The first-order chi connectivity index (χ1) is 15.9. The first-order valence-electron chi connectivity index (χ1n) is 10.1. The summed E-state index contributed by atoms with van der Waals surface area (Å²) in [4.78, 5) is 13.0. The van der Waals surface area contributed by atoms with Crippen LogP contribution in [0.2, 0.25) is 5.02 Å². The molecule has 0 aromatic heterocycles. The van der Waals surface area contributed by atoms with Gasteiger partial charge >= 0.3 is 6.18 Å². The van der Waals surface area contributed by atoms with Crippen LogP contribution < -0.4 is 9.62 Å². The molecule has 0 saturated carbocycles. The fraction of sp³-hybridized carbons (Fsp3) is 0.208. The SMILES string of the molecule is Cc1ccc([C@@H](NC(=O)CN(c2ccc(Cl)c(C(F)(F)F)c2)S(C)(=O)=O)c2ccccc2)cc1. The summed E-state index contributed by atoms with van der Waals surface area (Å²) >= 11 is 5.65. The van der Waals surface area contributed by atoms with Crippen LogP contribution in [0.1, 0.15) is 28.3 Å². The second-order valence-corrected chi connectivity index (χ2v) is 10.1. The van der Waals surface area contributed by atoms with E-state index in [1.165, 1.54) is 0 Å². The molecule has 0 saturated heterocycles. The molecule has 0 aliphatic carbocycles. The molecule has 0 aliphatic heterocycles. The lowest BCUT2D eigenvalue weighted by molar-refractivity contribution is -0.137. The van der Waals surface area contributed by atoms with E-state index in [1.54, 1.807) is 12.1 Å². The second kappa shape index (κ2) is 10.1. The maximum Gasteiger partial charge on any atom is 0.417 e. The summed E-state index contributed by atoms with van der Waals surface area (Å²) in [6.07, 6.45) is -3.97. The van der Waals surface area contributed by atoms with Crippen molar-refractivity contribution in [2.24, 2.45) is 0 Å². The van der Waals surface area contributed by atoms with Crippen LogP contribution in [0.3, 0.4) is 0 Å². The third-order valence-corrected chi connectivity index (χ3v) is 6.55. The molecule has 34 heavy (non-hydrogen) atoms. The molecule has 0 fully saturated rings. The lowest BCUT2D eigenvalue weighted by atomic mass is 9.98. The van der Waals surface area contributed by atoms with Crippen molar-refractivity contribution in [3.63, 3.8) is 0 Å². The number of carbonyl (C=O) groups excluding carboxylic acids is 1. The Morgan fingerprint density at radius 3 is 2.15 bits per heavy atom. The predicted molar refractivity (Wildman–Crippen MR) is 126 cm³/mol. The molecule has 1 atom stereocenters. The fourth-order valence-electron chi connectivity index (χ4n) is 3.39. The number of aryl methyl sites for hydroxylation is 1.